The Hall–Kier alpha value is -2.40. The Labute approximate surface area is 119 Å². The summed E-state index contributed by atoms with van der Waals surface area (Å²) in [6, 6.07) is 10.4. The molecular weight excluding hydrogens is 278 g/mol. The molecule has 0 saturated heterocycles. The van der Waals surface area contributed by atoms with Crippen molar-refractivity contribution in [3.8, 4) is 5.75 Å². The fourth-order valence-corrected chi connectivity index (χ4v) is 2.23. The zero-order valence-electron chi connectivity index (χ0n) is 10.4. The molecule has 6 heteroatoms. The first kappa shape index (κ1) is 12.6. The van der Waals surface area contributed by atoms with Gasteiger partial charge in [-0.25, -0.2) is 4.79 Å². The molecule has 0 atom stereocenters. The number of imidazole rings is 1. The maximum Gasteiger partial charge on any atom is 0.323 e. The Kier molecular flexibility index (Phi) is 3.12. The predicted molar refractivity (Wildman–Crippen MR) is 79.4 cm³/mol. The fraction of sp³-hybridized carbons (Fsp3) is 0.0714. The molecule has 0 aliphatic heterocycles. The molecule has 5 nitrogen and oxygen atoms in total. The van der Waals surface area contributed by atoms with Crippen LogP contribution >= 0.6 is 11.6 Å². The summed E-state index contributed by atoms with van der Waals surface area (Å²) in [6.07, 6.45) is 0. The second kappa shape index (κ2) is 4.94. The lowest BCUT2D eigenvalue weighted by atomic mass is 10.2. The molecule has 0 radical (unpaired) electrons. The fourth-order valence-electron chi connectivity index (χ4n) is 2.04. The van der Waals surface area contributed by atoms with Crippen LogP contribution in [-0.2, 0) is 6.54 Å². The second-order valence-electron chi connectivity index (χ2n) is 4.47. The number of hydrogen-bond donors (Lipinski definition) is 4. The van der Waals surface area contributed by atoms with Crippen molar-refractivity contribution in [2.24, 2.45) is 0 Å². The monoisotopic (exact) mass is 289 g/mol. The van der Waals surface area contributed by atoms with Crippen LogP contribution in [0, 0.1) is 0 Å². The number of aromatic hydroxyl groups is 1. The van der Waals surface area contributed by atoms with E-state index in [1.165, 1.54) is 0 Å². The van der Waals surface area contributed by atoms with Gasteiger partial charge in [-0.15, -0.1) is 0 Å². The van der Waals surface area contributed by atoms with E-state index in [1.54, 1.807) is 18.2 Å². The zero-order valence-corrected chi connectivity index (χ0v) is 11.2. The van der Waals surface area contributed by atoms with Crippen molar-refractivity contribution in [3.63, 3.8) is 0 Å². The van der Waals surface area contributed by atoms with E-state index in [4.69, 9.17) is 11.6 Å². The summed E-state index contributed by atoms with van der Waals surface area (Å²) in [4.78, 5) is 16.6. The van der Waals surface area contributed by atoms with Gasteiger partial charge in [0, 0.05) is 22.8 Å². The molecule has 20 heavy (non-hydrogen) atoms. The van der Waals surface area contributed by atoms with Gasteiger partial charge in [0.2, 0.25) is 0 Å². The van der Waals surface area contributed by atoms with Gasteiger partial charge in [0.25, 0.3) is 0 Å². The summed E-state index contributed by atoms with van der Waals surface area (Å²) in [7, 11) is 0. The third-order valence-corrected chi connectivity index (χ3v) is 3.28. The van der Waals surface area contributed by atoms with Gasteiger partial charge in [0.1, 0.15) is 5.75 Å². The van der Waals surface area contributed by atoms with Gasteiger partial charge in [-0.3, -0.25) is 0 Å². The highest BCUT2D eigenvalue weighted by Crippen LogP contribution is 2.23. The van der Waals surface area contributed by atoms with Crippen molar-refractivity contribution in [1.29, 1.82) is 0 Å². The van der Waals surface area contributed by atoms with Crippen LogP contribution in [0.2, 0.25) is 5.02 Å². The van der Waals surface area contributed by atoms with Crippen molar-refractivity contribution < 1.29 is 5.11 Å². The molecule has 0 aliphatic carbocycles. The van der Waals surface area contributed by atoms with Gasteiger partial charge in [0.05, 0.1) is 11.0 Å². The summed E-state index contributed by atoms with van der Waals surface area (Å²) in [5.74, 6) is 0.193. The Morgan fingerprint density at radius 1 is 1.10 bits per heavy atom. The summed E-state index contributed by atoms with van der Waals surface area (Å²) in [6.45, 7) is 0.437. The quantitative estimate of drug-likeness (QED) is 0.598. The lowest BCUT2D eigenvalue weighted by molar-refractivity contribution is 0.469. The van der Waals surface area contributed by atoms with Gasteiger partial charge in [-0.05, 0) is 36.4 Å². The number of aromatic amines is 2. The summed E-state index contributed by atoms with van der Waals surface area (Å²) >= 11 is 5.90. The normalized spacial score (nSPS) is 10.8. The second-order valence-corrected chi connectivity index (χ2v) is 4.90. The number of phenolic OH excluding ortho intramolecular Hbond substituents is 1. The third kappa shape index (κ3) is 2.48. The van der Waals surface area contributed by atoms with E-state index < -0.39 is 0 Å². The Bertz CT molecular complexity index is 823. The minimum Gasteiger partial charge on any atom is -0.508 e. The van der Waals surface area contributed by atoms with E-state index in [-0.39, 0.29) is 11.4 Å². The highest BCUT2D eigenvalue weighted by Gasteiger charge is 2.03. The Morgan fingerprint density at radius 2 is 1.90 bits per heavy atom. The van der Waals surface area contributed by atoms with Crippen molar-refractivity contribution in [1.82, 2.24) is 9.97 Å². The van der Waals surface area contributed by atoms with E-state index in [0.717, 1.165) is 16.7 Å². The van der Waals surface area contributed by atoms with Crippen molar-refractivity contribution in [2.45, 2.75) is 6.54 Å². The maximum atomic E-state index is 11.2. The summed E-state index contributed by atoms with van der Waals surface area (Å²) in [5, 5.41) is 13.5. The first-order valence-corrected chi connectivity index (χ1v) is 6.43. The Balaban J connectivity index is 1.82. The van der Waals surface area contributed by atoms with E-state index in [9.17, 15) is 9.90 Å². The molecular formula is C14H12ClN3O2. The Morgan fingerprint density at radius 3 is 2.75 bits per heavy atom. The van der Waals surface area contributed by atoms with Gasteiger partial charge in [-0.2, -0.15) is 0 Å². The lowest BCUT2D eigenvalue weighted by Crippen LogP contribution is -2.00. The van der Waals surface area contributed by atoms with Crippen molar-refractivity contribution in [2.75, 3.05) is 5.32 Å². The minimum atomic E-state index is -0.232. The smallest absolute Gasteiger partial charge is 0.323 e. The number of fused-ring (bicyclic) bond motifs is 1. The minimum absolute atomic E-state index is 0.193. The van der Waals surface area contributed by atoms with Crippen LogP contribution in [0.5, 0.6) is 5.75 Å². The third-order valence-electron chi connectivity index (χ3n) is 3.04. The average Bonchev–Trinajstić information content (AvgIpc) is 2.79. The molecule has 1 heterocycles. The molecule has 0 spiro atoms. The standard InChI is InChI=1S/C14H12ClN3O2/c15-9-1-4-13(19)8(5-9)7-16-10-2-3-11-12(6-10)18-14(20)17-11/h1-6,16,19H,7H2,(H2,17,18,20). The number of phenols is 1. The van der Waals surface area contributed by atoms with E-state index in [0.29, 0.717) is 17.1 Å². The van der Waals surface area contributed by atoms with Gasteiger partial charge in [-0.1, -0.05) is 11.6 Å². The number of halogens is 1. The molecule has 0 amide bonds. The molecule has 4 N–H and O–H groups in total. The topological polar surface area (TPSA) is 80.9 Å². The van der Waals surface area contributed by atoms with E-state index >= 15 is 0 Å². The van der Waals surface area contributed by atoms with Crippen LogP contribution in [0.1, 0.15) is 5.56 Å². The van der Waals surface area contributed by atoms with Crippen molar-refractivity contribution >= 4 is 28.3 Å². The van der Waals surface area contributed by atoms with Gasteiger partial charge >= 0.3 is 5.69 Å². The lowest BCUT2D eigenvalue weighted by Gasteiger charge is -2.08. The van der Waals surface area contributed by atoms with Crippen LogP contribution in [0.25, 0.3) is 11.0 Å². The number of nitrogens with one attached hydrogen (secondary N) is 3. The molecule has 3 aromatic rings. The summed E-state index contributed by atoms with van der Waals surface area (Å²) in [5.41, 5.74) is 2.80. The molecule has 0 fully saturated rings. The molecule has 0 aliphatic rings. The van der Waals surface area contributed by atoms with E-state index in [2.05, 4.69) is 15.3 Å². The first-order chi connectivity index (χ1) is 9.61. The number of rotatable bonds is 3. The molecule has 2 aromatic carbocycles. The number of benzene rings is 2. The van der Waals surface area contributed by atoms with Crippen molar-refractivity contribution in [3.05, 3.63) is 57.5 Å². The van der Waals surface area contributed by atoms with Gasteiger partial charge < -0.3 is 20.4 Å². The van der Waals surface area contributed by atoms with Crippen LogP contribution in [0.4, 0.5) is 5.69 Å². The maximum absolute atomic E-state index is 11.2. The van der Waals surface area contributed by atoms with Crippen LogP contribution < -0.4 is 11.0 Å². The number of hydrogen-bond acceptors (Lipinski definition) is 3. The molecule has 0 bridgehead atoms. The molecule has 1 aromatic heterocycles. The van der Waals surface area contributed by atoms with Crippen LogP contribution in [-0.4, -0.2) is 15.1 Å². The van der Waals surface area contributed by atoms with Gasteiger partial charge in [0.15, 0.2) is 0 Å². The predicted octanol–water partition coefficient (Wildman–Crippen LogP) is 2.83. The first-order valence-electron chi connectivity index (χ1n) is 6.05. The molecule has 3 rings (SSSR count). The molecule has 0 unspecified atom stereocenters. The number of H-pyrrole nitrogens is 2. The zero-order chi connectivity index (χ0) is 14.1. The SMILES string of the molecule is O=c1[nH]c2ccc(NCc3cc(Cl)ccc3O)cc2[nH]1. The van der Waals surface area contributed by atoms with E-state index in [1.807, 2.05) is 18.2 Å². The number of anilines is 1. The molecule has 0 saturated carbocycles. The van der Waals surface area contributed by atoms with Crippen LogP contribution in [0.3, 0.4) is 0 Å². The van der Waals surface area contributed by atoms with Crippen LogP contribution in [0.15, 0.2) is 41.2 Å². The highest BCUT2D eigenvalue weighted by atomic mass is 35.5. The highest BCUT2D eigenvalue weighted by molar-refractivity contribution is 6.30. The average molecular weight is 290 g/mol. The number of aromatic nitrogens is 2. The largest absolute Gasteiger partial charge is 0.508 e. The molecule has 102 valence electrons. The summed E-state index contributed by atoms with van der Waals surface area (Å²) < 4.78 is 0.